The van der Waals surface area contributed by atoms with Gasteiger partial charge in [0.1, 0.15) is 5.75 Å². The van der Waals surface area contributed by atoms with Gasteiger partial charge in [-0.1, -0.05) is 18.2 Å². The highest BCUT2D eigenvalue weighted by molar-refractivity contribution is 5.95. The number of carbonyl (C=O) groups is 1. The number of anilines is 1. The van der Waals surface area contributed by atoms with Gasteiger partial charge >= 0.3 is 5.97 Å². The van der Waals surface area contributed by atoms with Crippen LogP contribution in [-0.2, 0) is 11.2 Å². The monoisotopic (exact) mass is 288 g/mol. The van der Waals surface area contributed by atoms with Crippen LogP contribution in [0.5, 0.6) is 11.6 Å². The molecule has 0 saturated carbocycles. The second kappa shape index (κ2) is 6.71. The number of esters is 1. The summed E-state index contributed by atoms with van der Waals surface area (Å²) in [4.78, 5) is 15.6. The molecule has 0 atom stereocenters. The van der Waals surface area contributed by atoms with Crippen LogP contribution >= 0.6 is 0 Å². The SMILES string of the molecule is COC(=O)c1cc(Oc2ccccc2CCO)ncc1N. The van der Waals surface area contributed by atoms with Crippen LogP contribution in [0.3, 0.4) is 0 Å². The molecular weight excluding hydrogens is 272 g/mol. The van der Waals surface area contributed by atoms with E-state index in [9.17, 15) is 4.79 Å². The van der Waals surface area contributed by atoms with Crippen molar-refractivity contribution < 1.29 is 19.4 Å². The lowest BCUT2D eigenvalue weighted by Crippen LogP contribution is -2.07. The number of ether oxygens (including phenoxy) is 2. The van der Waals surface area contributed by atoms with Crippen LogP contribution in [0, 0.1) is 0 Å². The molecule has 0 fully saturated rings. The topological polar surface area (TPSA) is 94.7 Å². The molecule has 110 valence electrons. The van der Waals surface area contributed by atoms with Crippen molar-refractivity contribution in [3.8, 4) is 11.6 Å². The van der Waals surface area contributed by atoms with Gasteiger partial charge in [0.2, 0.25) is 5.88 Å². The molecule has 0 aliphatic carbocycles. The lowest BCUT2D eigenvalue weighted by molar-refractivity contribution is 0.0601. The highest BCUT2D eigenvalue weighted by Crippen LogP contribution is 2.26. The maximum Gasteiger partial charge on any atom is 0.340 e. The fraction of sp³-hybridized carbons (Fsp3) is 0.200. The minimum atomic E-state index is -0.552. The summed E-state index contributed by atoms with van der Waals surface area (Å²) < 4.78 is 10.3. The summed E-state index contributed by atoms with van der Waals surface area (Å²) in [6.45, 7) is 0.0168. The van der Waals surface area contributed by atoms with E-state index in [0.717, 1.165) is 5.56 Å². The number of pyridine rings is 1. The minimum Gasteiger partial charge on any atom is -0.465 e. The summed E-state index contributed by atoms with van der Waals surface area (Å²) in [5.41, 5.74) is 6.95. The van der Waals surface area contributed by atoms with Crippen LogP contribution in [0.25, 0.3) is 0 Å². The van der Waals surface area contributed by atoms with Gasteiger partial charge in [-0.2, -0.15) is 0 Å². The average molecular weight is 288 g/mol. The molecule has 6 nitrogen and oxygen atoms in total. The summed E-state index contributed by atoms with van der Waals surface area (Å²) in [7, 11) is 1.28. The zero-order chi connectivity index (χ0) is 15.2. The molecule has 0 bridgehead atoms. The first kappa shape index (κ1) is 14.8. The van der Waals surface area contributed by atoms with E-state index in [4.69, 9.17) is 15.6 Å². The van der Waals surface area contributed by atoms with Crippen LogP contribution in [0.2, 0.25) is 0 Å². The Morgan fingerprint density at radius 2 is 2.14 bits per heavy atom. The average Bonchev–Trinajstić information content (AvgIpc) is 2.50. The van der Waals surface area contributed by atoms with Crippen molar-refractivity contribution in [3.63, 3.8) is 0 Å². The third-order valence-corrected chi connectivity index (χ3v) is 2.88. The molecule has 0 aliphatic rings. The molecule has 21 heavy (non-hydrogen) atoms. The number of rotatable bonds is 5. The lowest BCUT2D eigenvalue weighted by atomic mass is 10.1. The zero-order valence-electron chi connectivity index (χ0n) is 11.6. The predicted molar refractivity (Wildman–Crippen MR) is 77.3 cm³/mol. The molecule has 0 aliphatic heterocycles. The van der Waals surface area contributed by atoms with Gasteiger partial charge in [0.15, 0.2) is 0 Å². The zero-order valence-corrected chi connectivity index (χ0v) is 11.6. The molecule has 3 N–H and O–H groups in total. The first-order chi connectivity index (χ1) is 10.2. The maximum atomic E-state index is 11.6. The van der Waals surface area contributed by atoms with Gasteiger partial charge in [-0.15, -0.1) is 0 Å². The summed E-state index contributed by atoms with van der Waals surface area (Å²) in [5, 5.41) is 9.05. The maximum absolute atomic E-state index is 11.6. The molecule has 1 heterocycles. The Labute approximate surface area is 122 Å². The van der Waals surface area contributed by atoms with Crippen molar-refractivity contribution in [2.75, 3.05) is 19.5 Å². The second-order valence-electron chi connectivity index (χ2n) is 4.28. The number of hydrogen-bond acceptors (Lipinski definition) is 6. The Balaban J connectivity index is 2.30. The Kier molecular flexibility index (Phi) is 4.73. The normalized spacial score (nSPS) is 10.2. The number of aromatic nitrogens is 1. The highest BCUT2D eigenvalue weighted by atomic mass is 16.5. The second-order valence-corrected chi connectivity index (χ2v) is 4.28. The van der Waals surface area contributed by atoms with Crippen LogP contribution in [0.1, 0.15) is 15.9 Å². The standard InChI is InChI=1S/C15H16N2O4/c1-20-15(19)11-8-14(17-9-12(11)16)21-13-5-3-2-4-10(13)6-7-18/h2-5,8-9,18H,6-7,16H2,1H3. The third kappa shape index (κ3) is 3.49. The molecule has 0 amide bonds. The summed E-state index contributed by atoms with van der Waals surface area (Å²) in [6.07, 6.45) is 1.81. The Bertz CT molecular complexity index is 643. The Morgan fingerprint density at radius 3 is 2.86 bits per heavy atom. The first-order valence-electron chi connectivity index (χ1n) is 6.36. The molecule has 1 aromatic heterocycles. The van der Waals surface area contributed by atoms with E-state index in [2.05, 4.69) is 9.72 Å². The third-order valence-electron chi connectivity index (χ3n) is 2.88. The van der Waals surface area contributed by atoms with Crippen molar-refractivity contribution in [2.45, 2.75) is 6.42 Å². The van der Waals surface area contributed by atoms with Crippen LogP contribution in [0.15, 0.2) is 36.5 Å². The fourth-order valence-corrected chi connectivity index (χ4v) is 1.83. The molecule has 0 spiro atoms. The first-order valence-corrected chi connectivity index (χ1v) is 6.36. The van der Waals surface area contributed by atoms with Crippen molar-refractivity contribution in [2.24, 2.45) is 0 Å². The summed E-state index contributed by atoms with van der Waals surface area (Å²) in [6, 6.07) is 8.71. The molecule has 6 heteroatoms. The predicted octanol–water partition coefficient (Wildman–Crippen LogP) is 1.78. The van der Waals surface area contributed by atoms with Crippen molar-refractivity contribution >= 4 is 11.7 Å². The molecule has 0 radical (unpaired) electrons. The number of aliphatic hydroxyl groups excluding tert-OH is 1. The number of nitrogens with zero attached hydrogens (tertiary/aromatic N) is 1. The smallest absolute Gasteiger partial charge is 0.340 e. The Morgan fingerprint density at radius 1 is 1.38 bits per heavy atom. The number of nitrogens with two attached hydrogens (primary N) is 1. The van der Waals surface area contributed by atoms with E-state index in [-0.39, 0.29) is 23.7 Å². The summed E-state index contributed by atoms with van der Waals surface area (Å²) >= 11 is 0. The Hall–Kier alpha value is -2.60. The quantitative estimate of drug-likeness (QED) is 0.814. The van der Waals surface area contributed by atoms with Gasteiger partial charge in [-0.25, -0.2) is 9.78 Å². The van der Waals surface area contributed by atoms with E-state index >= 15 is 0 Å². The van der Waals surface area contributed by atoms with E-state index < -0.39 is 5.97 Å². The summed E-state index contributed by atoms with van der Waals surface area (Å²) in [5.74, 6) is 0.248. The van der Waals surface area contributed by atoms with E-state index in [1.165, 1.54) is 19.4 Å². The molecule has 0 unspecified atom stereocenters. The van der Waals surface area contributed by atoms with Gasteiger partial charge in [-0.3, -0.25) is 0 Å². The number of methoxy groups -OCH3 is 1. The van der Waals surface area contributed by atoms with Crippen LogP contribution in [0.4, 0.5) is 5.69 Å². The van der Waals surface area contributed by atoms with Gasteiger partial charge in [0, 0.05) is 12.7 Å². The number of benzene rings is 1. The molecule has 0 saturated heterocycles. The van der Waals surface area contributed by atoms with Crippen molar-refractivity contribution in [3.05, 3.63) is 47.7 Å². The fourth-order valence-electron chi connectivity index (χ4n) is 1.83. The number of para-hydroxylation sites is 1. The largest absolute Gasteiger partial charge is 0.465 e. The highest BCUT2D eigenvalue weighted by Gasteiger charge is 2.13. The van der Waals surface area contributed by atoms with Gasteiger partial charge in [-0.05, 0) is 18.1 Å². The van der Waals surface area contributed by atoms with Gasteiger partial charge in [0.05, 0.1) is 24.6 Å². The number of carbonyl (C=O) groups excluding carboxylic acids is 1. The molecule has 2 aromatic rings. The van der Waals surface area contributed by atoms with E-state index in [1.54, 1.807) is 6.07 Å². The van der Waals surface area contributed by atoms with Gasteiger partial charge < -0.3 is 20.3 Å². The van der Waals surface area contributed by atoms with Crippen molar-refractivity contribution in [1.82, 2.24) is 4.98 Å². The lowest BCUT2D eigenvalue weighted by Gasteiger charge is -2.11. The molecular formula is C15H16N2O4. The van der Waals surface area contributed by atoms with Crippen molar-refractivity contribution in [1.29, 1.82) is 0 Å². The minimum absolute atomic E-state index is 0.0168. The number of hydrogen-bond donors (Lipinski definition) is 2. The van der Waals surface area contributed by atoms with E-state index in [0.29, 0.717) is 12.2 Å². The van der Waals surface area contributed by atoms with Crippen LogP contribution in [-0.4, -0.2) is 29.8 Å². The number of nitrogen functional groups attached to an aromatic ring is 1. The van der Waals surface area contributed by atoms with Gasteiger partial charge in [0.25, 0.3) is 0 Å². The molecule has 2 rings (SSSR count). The number of aliphatic hydroxyl groups is 1. The van der Waals surface area contributed by atoms with Crippen LogP contribution < -0.4 is 10.5 Å². The molecule has 1 aromatic carbocycles. The van der Waals surface area contributed by atoms with E-state index in [1.807, 2.05) is 18.2 Å².